The van der Waals surface area contributed by atoms with Gasteiger partial charge in [0.1, 0.15) is 17.2 Å². The van der Waals surface area contributed by atoms with Gasteiger partial charge in [-0.15, -0.1) is 26.3 Å². The lowest BCUT2D eigenvalue weighted by molar-refractivity contribution is -0.275. The molecule has 0 aliphatic heterocycles. The molecule has 3 aromatic carbocycles. The van der Waals surface area contributed by atoms with E-state index >= 15 is 0 Å². The number of ether oxygens (including phenoxy) is 3. The summed E-state index contributed by atoms with van der Waals surface area (Å²) in [6.07, 6.45) is -8.41. The second-order valence-corrected chi connectivity index (χ2v) is 6.92. The van der Waals surface area contributed by atoms with Gasteiger partial charge in [0.25, 0.3) is 0 Å². The summed E-state index contributed by atoms with van der Waals surface area (Å²) in [5, 5.41) is 0. The van der Waals surface area contributed by atoms with Crippen LogP contribution in [0.5, 0.6) is 17.2 Å². The van der Waals surface area contributed by atoms with E-state index in [1.165, 1.54) is 29.8 Å². The Morgan fingerprint density at radius 1 is 0.559 bits per heavy atom. The molecule has 0 amide bonds. The molecule has 3 rings (SSSR count). The lowest BCUT2D eigenvalue weighted by atomic mass is 10.2. The van der Waals surface area contributed by atoms with Gasteiger partial charge in [-0.25, -0.2) is 0 Å². The van der Waals surface area contributed by atoms with Crippen LogP contribution in [0.2, 0.25) is 0 Å². The first kappa shape index (κ1) is 28.7. The molecule has 3 aromatic rings. The number of benzene rings is 3. The Balaban J connectivity index is 0.000000259. The molecular weight excluding hydrogens is 462 g/mol. The highest BCUT2D eigenvalue weighted by atomic mass is 19.4. The number of halogens is 6. The van der Waals surface area contributed by atoms with Gasteiger partial charge in [0.05, 0.1) is 7.11 Å². The maximum Gasteiger partial charge on any atom is 0.573 e. The summed E-state index contributed by atoms with van der Waals surface area (Å²) < 4.78 is 82.3. The molecule has 0 heterocycles. The van der Waals surface area contributed by atoms with E-state index in [0.29, 0.717) is 0 Å². The molecule has 34 heavy (non-hydrogen) atoms. The quantitative estimate of drug-likeness (QED) is 0.348. The Morgan fingerprint density at radius 3 is 1.18 bits per heavy atom. The van der Waals surface area contributed by atoms with E-state index in [-0.39, 0.29) is 11.5 Å². The Labute approximate surface area is 194 Å². The summed E-state index contributed by atoms with van der Waals surface area (Å²) in [5.74, 6) is 0.554. The highest BCUT2D eigenvalue weighted by molar-refractivity contribution is 5.28. The molecule has 0 atom stereocenters. The molecule has 0 spiro atoms. The van der Waals surface area contributed by atoms with Gasteiger partial charge < -0.3 is 14.2 Å². The summed E-state index contributed by atoms with van der Waals surface area (Å²) in [5.41, 5.74) is 3.13. The first-order valence-electron chi connectivity index (χ1n) is 10.1. The van der Waals surface area contributed by atoms with Crippen molar-refractivity contribution in [2.24, 2.45) is 0 Å². The number of methoxy groups -OCH3 is 1. The molecule has 9 heteroatoms. The van der Waals surface area contributed by atoms with Crippen molar-refractivity contribution in [3.63, 3.8) is 0 Å². The molecule has 186 valence electrons. The third-order valence-electron chi connectivity index (χ3n) is 4.08. The van der Waals surface area contributed by atoms with Crippen LogP contribution in [-0.2, 0) is 6.42 Å². The van der Waals surface area contributed by atoms with Crippen LogP contribution in [0.3, 0.4) is 0 Å². The minimum atomic E-state index is -4.60. The first-order chi connectivity index (χ1) is 15.8. The zero-order valence-corrected chi connectivity index (χ0v) is 19.1. The SMILES string of the molecule is CCc1ccc(OC(F)(F)F)cc1.COc1ccc(C)cc1.Cc1ccc(OC(F)(F)F)cc1. The van der Waals surface area contributed by atoms with E-state index in [1.54, 1.807) is 38.3 Å². The number of hydrogen-bond donors (Lipinski definition) is 0. The Morgan fingerprint density at radius 2 is 0.882 bits per heavy atom. The molecule has 3 nitrogen and oxygen atoms in total. The third kappa shape index (κ3) is 13.2. The molecule has 0 aromatic heterocycles. The van der Waals surface area contributed by atoms with Gasteiger partial charge in [-0.05, 0) is 62.2 Å². The maximum atomic E-state index is 11.7. The molecule has 0 saturated carbocycles. The molecule has 0 fully saturated rings. The second-order valence-electron chi connectivity index (χ2n) is 6.92. The van der Waals surface area contributed by atoms with Gasteiger partial charge in [-0.1, -0.05) is 54.4 Å². The van der Waals surface area contributed by atoms with Gasteiger partial charge in [0, 0.05) is 0 Å². The topological polar surface area (TPSA) is 27.7 Å². The molecule has 0 saturated heterocycles. The fourth-order valence-electron chi connectivity index (χ4n) is 2.34. The van der Waals surface area contributed by atoms with Gasteiger partial charge in [-0.3, -0.25) is 0 Å². The van der Waals surface area contributed by atoms with E-state index in [2.05, 4.69) is 16.4 Å². The molecule has 0 unspecified atom stereocenters. The first-order valence-corrected chi connectivity index (χ1v) is 10.1. The summed E-state index contributed by atoms with van der Waals surface area (Å²) in [4.78, 5) is 0. The van der Waals surface area contributed by atoms with Crippen molar-refractivity contribution in [2.45, 2.75) is 39.9 Å². The van der Waals surface area contributed by atoms with Crippen molar-refractivity contribution in [3.8, 4) is 17.2 Å². The van der Waals surface area contributed by atoms with Crippen molar-refractivity contribution in [1.82, 2.24) is 0 Å². The van der Waals surface area contributed by atoms with Gasteiger partial charge in [0.2, 0.25) is 0 Å². The zero-order chi connectivity index (χ0) is 25.8. The summed E-state index contributed by atoms with van der Waals surface area (Å²) in [6.45, 7) is 5.77. The summed E-state index contributed by atoms with van der Waals surface area (Å²) in [6, 6.07) is 19.5. The molecule has 0 radical (unpaired) electrons. The van der Waals surface area contributed by atoms with E-state index in [1.807, 2.05) is 31.2 Å². The average molecular weight is 488 g/mol. The summed E-state index contributed by atoms with van der Waals surface area (Å²) in [7, 11) is 1.67. The summed E-state index contributed by atoms with van der Waals surface area (Å²) >= 11 is 0. The van der Waals surface area contributed by atoms with E-state index in [0.717, 1.165) is 23.3 Å². The van der Waals surface area contributed by atoms with E-state index in [9.17, 15) is 26.3 Å². The van der Waals surface area contributed by atoms with Crippen LogP contribution in [-0.4, -0.2) is 19.8 Å². The Kier molecular flexibility index (Phi) is 11.3. The number of hydrogen-bond acceptors (Lipinski definition) is 3. The fraction of sp³-hybridized carbons (Fsp3) is 0.280. The average Bonchev–Trinajstić information content (AvgIpc) is 2.75. The number of alkyl halides is 6. The number of aryl methyl sites for hydroxylation is 3. The van der Waals surface area contributed by atoms with Crippen LogP contribution < -0.4 is 14.2 Å². The highest BCUT2D eigenvalue weighted by Gasteiger charge is 2.31. The molecule has 0 aliphatic carbocycles. The van der Waals surface area contributed by atoms with Gasteiger partial charge in [0.15, 0.2) is 0 Å². The van der Waals surface area contributed by atoms with Crippen LogP contribution in [0.15, 0.2) is 72.8 Å². The lowest BCUT2D eigenvalue weighted by Crippen LogP contribution is -2.16. The lowest BCUT2D eigenvalue weighted by Gasteiger charge is -2.08. The van der Waals surface area contributed by atoms with Crippen LogP contribution in [0.1, 0.15) is 23.6 Å². The molecule has 0 N–H and O–H groups in total. The van der Waals surface area contributed by atoms with Crippen molar-refractivity contribution in [2.75, 3.05) is 7.11 Å². The monoisotopic (exact) mass is 488 g/mol. The smallest absolute Gasteiger partial charge is 0.497 e. The van der Waals surface area contributed by atoms with Crippen molar-refractivity contribution >= 4 is 0 Å². The predicted molar refractivity (Wildman–Crippen MR) is 118 cm³/mol. The van der Waals surface area contributed by atoms with Crippen LogP contribution >= 0.6 is 0 Å². The highest BCUT2D eigenvalue weighted by Crippen LogP contribution is 2.23. The number of rotatable bonds is 4. The standard InChI is InChI=1S/C9H9F3O.C8H7F3O.C8H10O/c1-2-7-3-5-8(6-4-7)13-9(10,11)12;1-6-2-4-7(5-3-6)12-8(9,10)11;1-7-3-5-8(9-2)6-4-7/h3-6H,2H2,1H3;2-5H,1H3;3-6H,1-2H3. The minimum Gasteiger partial charge on any atom is -0.497 e. The van der Waals surface area contributed by atoms with Crippen LogP contribution in [0.25, 0.3) is 0 Å². The second kappa shape index (κ2) is 13.4. The van der Waals surface area contributed by atoms with E-state index in [4.69, 9.17) is 4.74 Å². The molecule has 0 aliphatic rings. The van der Waals surface area contributed by atoms with E-state index < -0.39 is 12.7 Å². The molecular formula is C25H26F6O3. The third-order valence-corrected chi connectivity index (χ3v) is 4.08. The minimum absolute atomic E-state index is 0.176. The Bertz CT molecular complexity index is 948. The largest absolute Gasteiger partial charge is 0.573 e. The maximum absolute atomic E-state index is 11.7. The van der Waals surface area contributed by atoms with Gasteiger partial charge in [-0.2, -0.15) is 0 Å². The van der Waals surface area contributed by atoms with Crippen LogP contribution in [0.4, 0.5) is 26.3 Å². The van der Waals surface area contributed by atoms with Crippen molar-refractivity contribution < 1.29 is 40.6 Å². The van der Waals surface area contributed by atoms with Crippen molar-refractivity contribution in [3.05, 3.63) is 89.5 Å². The zero-order valence-electron chi connectivity index (χ0n) is 19.1. The normalized spacial score (nSPS) is 10.8. The van der Waals surface area contributed by atoms with Crippen molar-refractivity contribution in [1.29, 1.82) is 0 Å². The fourth-order valence-corrected chi connectivity index (χ4v) is 2.34. The Hall–Kier alpha value is -3.36. The predicted octanol–water partition coefficient (Wildman–Crippen LogP) is 8.04. The molecule has 0 bridgehead atoms. The van der Waals surface area contributed by atoms with Crippen LogP contribution in [0, 0.1) is 13.8 Å². The van der Waals surface area contributed by atoms with Gasteiger partial charge >= 0.3 is 12.7 Å².